The number of aryl methyl sites for hydroxylation is 1. The molecule has 0 spiro atoms. The molecule has 1 fully saturated rings. The highest BCUT2D eigenvalue weighted by Gasteiger charge is 2.49. The van der Waals surface area contributed by atoms with Gasteiger partial charge in [-0.1, -0.05) is 18.7 Å². The van der Waals surface area contributed by atoms with E-state index in [9.17, 15) is 4.79 Å². The number of esters is 1. The molecule has 0 radical (unpaired) electrons. The zero-order chi connectivity index (χ0) is 13.9. The van der Waals surface area contributed by atoms with Gasteiger partial charge in [0.25, 0.3) is 0 Å². The summed E-state index contributed by atoms with van der Waals surface area (Å²) in [5, 5.41) is 0. The fraction of sp³-hybridized carbons (Fsp3) is 0.750. The summed E-state index contributed by atoms with van der Waals surface area (Å²) in [5.74, 6) is 1.31. The van der Waals surface area contributed by atoms with E-state index < -0.39 is 5.54 Å². The maximum atomic E-state index is 12.0. The Hall–Kier alpha value is -0.660. The maximum absolute atomic E-state index is 12.0. The summed E-state index contributed by atoms with van der Waals surface area (Å²) in [6.45, 7) is 4.19. The van der Waals surface area contributed by atoms with E-state index in [1.165, 1.54) is 23.3 Å². The lowest BCUT2D eigenvalue weighted by Gasteiger charge is -2.26. The molecule has 7 heteroatoms. The van der Waals surface area contributed by atoms with Crippen molar-refractivity contribution in [1.82, 2.24) is 9.36 Å². The van der Waals surface area contributed by atoms with Gasteiger partial charge in [-0.2, -0.15) is 4.37 Å². The lowest BCUT2D eigenvalue weighted by Crippen LogP contribution is -2.53. The smallest absolute Gasteiger partial charge is 0.327 e. The summed E-state index contributed by atoms with van der Waals surface area (Å²) in [6.07, 6.45) is 2.84. The minimum Gasteiger partial charge on any atom is -0.465 e. The molecule has 0 aromatic carbocycles. The van der Waals surface area contributed by atoms with Crippen LogP contribution in [0.25, 0.3) is 0 Å². The minimum absolute atomic E-state index is 0.248. The van der Waals surface area contributed by atoms with E-state index in [-0.39, 0.29) is 11.9 Å². The van der Waals surface area contributed by atoms with Crippen molar-refractivity contribution in [2.24, 2.45) is 11.7 Å². The average Bonchev–Trinajstić information content (AvgIpc) is 3.16. The van der Waals surface area contributed by atoms with Crippen LogP contribution in [0.4, 0.5) is 0 Å². The maximum Gasteiger partial charge on any atom is 0.327 e. The van der Waals surface area contributed by atoms with Crippen molar-refractivity contribution in [1.29, 1.82) is 0 Å². The van der Waals surface area contributed by atoms with Crippen LogP contribution in [-0.2, 0) is 16.0 Å². The second-order valence-corrected chi connectivity index (χ2v) is 6.63. The van der Waals surface area contributed by atoms with Gasteiger partial charge < -0.3 is 10.5 Å². The molecule has 0 saturated heterocycles. The number of hydrogen-bond donors (Lipinski definition) is 1. The largest absolute Gasteiger partial charge is 0.465 e. The third kappa shape index (κ3) is 3.46. The molecule has 2 rings (SSSR count). The highest BCUT2D eigenvalue weighted by Crippen LogP contribution is 2.41. The van der Waals surface area contributed by atoms with Crippen molar-refractivity contribution in [2.45, 2.75) is 43.0 Å². The number of nitrogens with zero attached hydrogens (tertiary/aromatic N) is 2. The Balaban J connectivity index is 1.98. The van der Waals surface area contributed by atoms with Crippen molar-refractivity contribution in [2.75, 3.05) is 12.4 Å². The van der Waals surface area contributed by atoms with Gasteiger partial charge >= 0.3 is 5.97 Å². The first-order chi connectivity index (χ1) is 9.10. The molecule has 1 heterocycles. The molecular formula is C12H19N3O2S2. The molecule has 19 heavy (non-hydrogen) atoms. The van der Waals surface area contributed by atoms with Crippen LogP contribution in [0.15, 0.2) is 4.34 Å². The van der Waals surface area contributed by atoms with Gasteiger partial charge in [0, 0.05) is 12.2 Å². The second kappa shape index (κ2) is 6.19. The van der Waals surface area contributed by atoms with Crippen LogP contribution in [-0.4, -0.2) is 33.2 Å². The molecule has 1 aromatic heterocycles. The highest BCUT2D eigenvalue weighted by atomic mass is 32.2. The SMILES string of the molecule is CCOC(=O)C(N)(CSc1nc(CC)ns1)C1CC1. The number of carbonyl (C=O) groups excluding carboxylic acids is 1. The molecular weight excluding hydrogens is 282 g/mol. The monoisotopic (exact) mass is 301 g/mol. The Labute approximate surface area is 121 Å². The topological polar surface area (TPSA) is 78.1 Å². The molecule has 0 bridgehead atoms. The molecule has 5 nitrogen and oxygen atoms in total. The predicted molar refractivity (Wildman–Crippen MR) is 76.3 cm³/mol. The van der Waals surface area contributed by atoms with Crippen LogP contribution in [0.1, 0.15) is 32.5 Å². The number of aromatic nitrogens is 2. The van der Waals surface area contributed by atoms with Gasteiger partial charge in [-0.25, -0.2) is 4.98 Å². The van der Waals surface area contributed by atoms with Crippen molar-refractivity contribution in [3.05, 3.63) is 5.82 Å². The van der Waals surface area contributed by atoms with E-state index >= 15 is 0 Å². The van der Waals surface area contributed by atoms with Crippen LogP contribution in [0.2, 0.25) is 0 Å². The number of carbonyl (C=O) groups is 1. The second-order valence-electron chi connectivity index (χ2n) is 4.65. The number of thioether (sulfide) groups is 1. The summed E-state index contributed by atoms with van der Waals surface area (Å²) < 4.78 is 10.2. The van der Waals surface area contributed by atoms with E-state index in [1.807, 2.05) is 6.92 Å². The first-order valence-corrected chi connectivity index (χ1v) is 8.27. The molecule has 1 aliphatic rings. The molecule has 106 valence electrons. The Morgan fingerprint density at radius 1 is 1.58 bits per heavy atom. The number of rotatable bonds is 7. The standard InChI is InChI=1S/C12H19N3O2S2/c1-3-9-14-11(19-15-9)18-7-12(13,8-5-6-8)10(16)17-4-2/h8H,3-7,13H2,1-2H3. The van der Waals surface area contributed by atoms with Crippen LogP contribution in [0, 0.1) is 5.92 Å². The Morgan fingerprint density at radius 3 is 2.84 bits per heavy atom. The van der Waals surface area contributed by atoms with Gasteiger partial charge in [0.2, 0.25) is 0 Å². The molecule has 0 aliphatic heterocycles. The minimum atomic E-state index is -0.876. The summed E-state index contributed by atoms with van der Waals surface area (Å²) in [5.41, 5.74) is 5.40. The van der Waals surface area contributed by atoms with E-state index in [0.29, 0.717) is 12.4 Å². The Morgan fingerprint density at radius 2 is 2.32 bits per heavy atom. The van der Waals surface area contributed by atoms with Gasteiger partial charge in [-0.15, -0.1) is 0 Å². The first-order valence-electron chi connectivity index (χ1n) is 6.51. The molecule has 1 saturated carbocycles. The summed E-state index contributed by atoms with van der Waals surface area (Å²) in [7, 11) is 0. The van der Waals surface area contributed by atoms with Crippen molar-refractivity contribution in [3.8, 4) is 0 Å². The lowest BCUT2D eigenvalue weighted by atomic mass is 9.97. The third-order valence-corrected chi connectivity index (χ3v) is 5.25. The number of ether oxygens (including phenoxy) is 1. The zero-order valence-corrected chi connectivity index (χ0v) is 12.9. The van der Waals surface area contributed by atoms with Crippen LogP contribution < -0.4 is 5.73 Å². The van der Waals surface area contributed by atoms with Crippen molar-refractivity contribution in [3.63, 3.8) is 0 Å². The molecule has 1 aliphatic carbocycles. The van der Waals surface area contributed by atoms with Gasteiger partial charge in [0.05, 0.1) is 6.61 Å². The van der Waals surface area contributed by atoms with Gasteiger partial charge in [-0.05, 0) is 37.2 Å². The quantitative estimate of drug-likeness (QED) is 0.612. The van der Waals surface area contributed by atoms with E-state index in [0.717, 1.165) is 29.4 Å². The lowest BCUT2D eigenvalue weighted by molar-refractivity contribution is -0.149. The van der Waals surface area contributed by atoms with Crippen LogP contribution >= 0.6 is 23.3 Å². The van der Waals surface area contributed by atoms with E-state index in [2.05, 4.69) is 9.36 Å². The normalized spacial score (nSPS) is 18.1. The molecule has 2 N–H and O–H groups in total. The van der Waals surface area contributed by atoms with E-state index in [1.54, 1.807) is 6.92 Å². The van der Waals surface area contributed by atoms with Crippen molar-refractivity contribution < 1.29 is 9.53 Å². The summed E-state index contributed by atoms with van der Waals surface area (Å²) in [6, 6.07) is 0. The van der Waals surface area contributed by atoms with Crippen molar-refractivity contribution >= 4 is 29.3 Å². The van der Waals surface area contributed by atoms with Crippen LogP contribution in [0.5, 0.6) is 0 Å². The van der Waals surface area contributed by atoms with Gasteiger partial charge in [0.15, 0.2) is 4.34 Å². The fourth-order valence-corrected chi connectivity index (χ4v) is 3.71. The number of hydrogen-bond acceptors (Lipinski definition) is 7. The van der Waals surface area contributed by atoms with Gasteiger partial charge in [-0.3, -0.25) is 4.79 Å². The summed E-state index contributed by atoms with van der Waals surface area (Å²) in [4.78, 5) is 16.4. The third-order valence-electron chi connectivity index (χ3n) is 3.16. The molecule has 1 aromatic rings. The highest BCUT2D eigenvalue weighted by molar-refractivity contribution is 8.01. The number of nitrogens with two attached hydrogens (primary N) is 1. The van der Waals surface area contributed by atoms with E-state index in [4.69, 9.17) is 10.5 Å². The Bertz CT molecular complexity index is 448. The molecule has 1 unspecified atom stereocenters. The fourth-order valence-electron chi connectivity index (χ4n) is 1.83. The Kier molecular flexibility index (Phi) is 4.81. The summed E-state index contributed by atoms with van der Waals surface area (Å²) >= 11 is 2.87. The van der Waals surface area contributed by atoms with Gasteiger partial charge in [0.1, 0.15) is 11.4 Å². The first kappa shape index (κ1) is 14.7. The predicted octanol–water partition coefficient (Wildman–Crippen LogP) is 1.86. The van der Waals surface area contributed by atoms with Crippen LogP contribution in [0.3, 0.4) is 0 Å². The molecule has 1 atom stereocenters. The average molecular weight is 301 g/mol. The molecule has 0 amide bonds. The zero-order valence-electron chi connectivity index (χ0n) is 11.2.